The second-order valence-corrected chi connectivity index (χ2v) is 22.6. The third-order valence-corrected chi connectivity index (χ3v) is 17.6. The molecule has 0 saturated heterocycles. The van der Waals surface area contributed by atoms with Crippen molar-refractivity contribution in [1.29, 1.82) is 0 Å². The van der Waals surface area contributed by atoms with Crippen LogP contribution in [0.2, 0.25) is 0 Å². The van der Waals surface area contributed by atoms with Gasteiger partial charge in [0.05, 0.1) is 0 Å². The van der Waals surface area contributed by atoms with E-state index in [1.807, 2.05) is 0 Å². The minimum absolute atomic E-state index is 0.0109. The zero-order chi connectivity index (χ0) is 52.2. The molecule has 6 aromatic carbocycles. The molecule has 0 aromatic heterocycles. The van der Waals surface area contributed by atoms with Crippen molar-refractivity contribution in [2.75, 3.05) is 0 Å². The summed E-state index contributed by atoms with van der Waals surface area (Å²) in [6.45, 7) is 16.6. The zero-order valence-corrected chi connectivity index (χ0v) is 45.0. The van der Waals surface area contributed by atoms with E-state index in [1.165, 1.54) is 246 Å². The smallest absolute Gasteiger partial charge is 0.0215 e. The summed E-state index contributed by atoms with van der Waals surface area (Å²) in [5.41, 5.74) is 19.9. The van der Waals surface area contributed by atoms with Crippen molar-refractivity contribution < 1.29 is 5.94 Å². The highest BCUT2D eigenvalue weighted by Gasteiger charge is 2.46. The van der Waals surface area contributed by atoms with E-state index in [2.05, 4.69) is 139 Å². The number of rotatable bonds is 29. The standard InChI is InChI=1S/C69H92.2H2/c1-8-12-16-20-24-32-42-68(43-33-25-21-17-13-9-2)62-46-51(5)40-41-58(62)66-57-39-31-29-37-55(57)60(50-65(66)68)59-49-63-61(47-52(59)6)67-56-38-30-28-36-54(56)53(7)48-64(67)69(63,44-34-26-22-18-14-10-3)45-35-27-23-19-15-11-4;;/h28-31,36-41,46-50H,8-27,32-35,42-45H2,1-7H3;2*1H/i;2*1+1D. The van der Waals surface area contributed by atoms with E-state index in [1.54, 1.807) is 27.8 Å². The van der Waals surface area contributed by atoms with Gasteiger partial charge < -0.3 is 0 Å². The first-order chi connectivity index (χ1) is 35.8. The van der Waals surface area contributed by atoms with Gasteiger partial charge in [0.2, 0.25) is 0 Å². The largest absolute Gasteiger partial charge is 0.0654 e. The van der Waals surface area contributed by atoms with Crippen LogP contribution in [0.5, 0.6) is 0 Å². The van der Waals surface area contributed by atoms with Crippen molar-refractivity contribution in [3.8, 4) is 33.4 Å². The molecule has 0 heterocycles. The fourth-order valence-corrected chi connectivity index (χ4v) is 13.8. The summed E-state index contributed by atoms with van der Waals surface area (Å²) >= 11 is 0. The molecule has 2 aliphatic carbocycles. The third kappa shape index (κ3) is 10.7. The molecule has 0 bridgehead atoms. The second kappa shape index (κ2) is 24.3. The predicted octanol–water partition coefficient (Wildman–Crippen LogP) is 22.6. The second-order valence-electron chi connectivity index (χ2n) is 22.6. The lowest BCUT2D eigenvalue weighted by atomic mass is 9.69. The van der Waals surface area contributed by atoms with E-state index >= 15 is 0 Å². The van der Waals surface area contributed by atoms with Gasteiger partial charge >= 0.3 is 0 Å². The summed E-state index contributed by atoms with van der Waals surface area (Å²) in [6.07, 6.45) is 37.2. The normalized spacial score (nSPS) is 14.4. The highest BCUT2D eigenvalue weighted by molar-refractivity contribution is 6.10. The van der Waals surface area contributed by atoms with Crippen LogP contribution in [0, 0.1) is 20.8 Å². The quantitative estimate of drug-likeness (QED) is 0.0411. The van der Waals surface area contributed by atoms with Crippen LogP contribution in [0.15, 0.2) is 91.0 Å². The van der Waals surface area contributed by atoms with Gasteiger partial charge in [-0.25, -0.2) is 0 Å². The first-order valence-electron chi connectivity index (χ1n) is 31.2. The van der Waals surface area contributed by atoms with Crippen LogP contribution in [0.25, 0.3) is 54.9 Å². The van der Waals surface area contributed by atoms with E-state index < -0.39 is 0 Å². The number of aryl methyl sites for hydroxylation is 3. The molecule has 0 nitrogen and oxygen atoms in total. The first kappa shape index (κ1) is 48.5. The maximum atomic E-state index is 5.00. The van der Waals surface area contributed by atoms with E-state index in [-0.39, 0.29) is 10.8 Å². The molecule has 69 heavy (non-hydrogen) atoms. The van der Waals surface area contributed by atoms with Gasteiger partial charge in [-0.3, -0.25) is 0 Å². The fourth-order valence-electron chi connectivity index (χ4n) is 13.8. The summed E-state index contributed by atoms with van der Waals surface area (Å²) in [7, 11) is 0. The van der Waals surface area contributed by atoms with Gasteiger partial charge in [0.15, 0.2) is 0 Å². The molecule has 0 fully saturated rings. The number of unbranched alkanes of at least 4 members (excludes halogenated alkanes) is 20. The van der Waals surface area contributed by atoms with Gasteiger partial charge in [0.1, 0.15) is 0 Å². The highest BCUT2D eigenvalue weighted by atomic mass is 14.5. The maximum absolute atomic E-state index is 5.00. The van der Waals surface area contributed by atoms with Gasteiger partial charge in [-0.05, 0) is 147 Å². The summed E-state index contributed by atoms with van der Waals surface area (Å²) < 4.78 is 20.0. The molecule has 0 saturated carbocycles. The Morgan fingerprint density at radius 3 is 1.22 bits per heavy atom. The van der Waals surface area contributed by atoms with Crippen molar-refractivity contribution >= 4 is 21.5 Å². The summed E-state index contributed by atoms with van der Waals surface area (Å²) in [4.78, 5) is 0. The Hall–Kier alpha value is -4.16. The lowest BCUT2D eigenvalue weighted by molar-refractivity contribution is 0.397. The molecule has 2 aliphatic rings. The Bertz CT molecular complexity index is 2600. The zero-order valence-electron chi connectivity index (χ0n) is 49.0. The highest BCUT2D eigenvalue weighted by Crippen LogP contribution is 2.60. The van der Waals surface area contributed by atoms with Crippen molar-refractivity contribution in [3.05, 3.63) is 130 Å². The third-order valence-electron chi connectivity index (χ3n) is 17.6. The van der Waals surface area contributed by atoms with Gasteiger partial charge in [-0.2, -0.15) is 0 Å². The number of hydrogen-bond acceptors (Lipinski definition) is 0. The van der Waals surface area contributed by atoms with Crippen LogP contribution in [-0.2, 0) is 10.8 Å². The van der Waals surface area contributed by atoms with Crippen molar-refractivity contribution in [3.63, 3.8) is 0 Å². The molecule has 0 N–H and O–H groups in total. The van der Waals surface area contributed by atoms with Gasteiger partial charge in [-0.1, -0.05) is 266 Å². The van der Waals surface area contributed by atoms with Crippen LogP contribution in [0.4, 0.5) is 0 Å². The Morgan fingerprint density at radius 2 is 0.710 bits per heavy atom. The SMILES string of the molecule is CCCCCCCCC1(CCCCCCCC)c2cc(-c3cc4c(c5ccccc35)-c3ccc(C)cc3C4(CCCCCCCC)CCCCCCCC)c(C)cc2-c2c1cc(C)c1ccccc21.[2H][2H].[2H][2H]. The van der Waals surface area contributed by atoms with E-state index in [0.29, 0.717) is 0 Å². The lowest BCUT2D eigenvalue weighted by Gasteiger charge is -2.34. The summed E-state index contributed by atoms with van der Waals surface area (Å²) in [5, 5.41) is 5.76. The minimum Gasteiger partial charge on any atom is -0.0654 e. The van der Waals surface area contributed by atoms with Crippen LogP contribution in [-0.4, -0.2) is 0 Å². The lowest BCUT2D eigenvalue weighted by Crippen LogP contribution is -2.26. The van der Waals surface area contributed by atoms with E-state index in [9.17, 15) is 0 Å². The summed E-state index contributed by atoms with van der Waals surface area (Å²) in [5.74, 6) is 0. The molecule has 0 amide bonds. The molecular formula is C69H96. The van der Waals surface area contributed by atoms with Gasteiger partial charge in [0, 0.05) is 16.8 Å². The molecule has 0 unspecified atom stereocenters. The summed E-state index contributed by atoms with van der Waals surface area (Å²) in [6, 6.07) is 37.5. The van der Waals surface area contributed by atoms with Crippen LogP contribution in [0.1, 0.15) is 252 Å². The molecule has 0 spiro atoms. The Labute approximate surface area is 428 Å². The topological polar surface area (TPSA) is 0 Å². The average Bonchev–Trinajstić information content (AvgIpc) is 3.83. The van der Waals surface area contributed by atoms with Crippen molar-refractivity contribution in [2.24, 2.45) is 0 Å². The fraction of sp³-hybridized carbons (Fsp3) is 0.536. The van der Waals surface area contributed by atoms with Gasteiger partial charge in [-0.15, -0.1) is 0 Å². The number of benzene rings is 6. The molecule has 0 radical (unpaired) electrons. The average molecular weight is 930 g/mol. The minimum atomic E-state index is 0.0109. The number of hydrogen-bond donors (Lipinski definition) is 0. The first-order valence-corrected chi connectivity index (χ1v) is 29.2. The molecule has 8 rings (SSSR count). The molecular weight excluding hydrogens is 829 g/mol. The van der Waals surface area contributed by atoms with Crippen LogP contribution < -0.4 is 0 Å². The Balaban J connectivity index is 0.00000212. The Kier molecular flexibility index (Phi) is 17.1. The molecule has 0 atom stereocenters. The van der Waals surface area contributed by atoms with Crippen LogP contribution in [0.3, 0.4) is 0 Å². The number of fused-ring (bicyclic) bond motifs is 10. The predicted molar refractivity (Wildman–Crippen MR) is 310 cm³/mol. The molecule has 0 aliphatic heterocycles. The molecule has 0 heteroatoms. The van der Waals surface area contributed by atoms with Crippen molar-refractivity contribution in [1.82, 2.24) is 0 Å². The van der Waals surface area contributed by atoms with E-state index in [4.69, 9.17) is 5.94 Å². The molecule has 372 valence electrons. The Morgan fingerprint density at radius 1 is 0.319 bits per heavy atom. The van der Waals surface area contributed by atoms with Gasteiger partial charge in [0.25, 0.3) is 0 Å². The van der Waals surface area contributed by atoms with E-state index in [0.717, 1.165) is 0 Å². The monoisotopic (exact) mass is 929 g/mol. The molecule has 6 aromatic rings. The van der Waals surface area contributed by atoms with Crippen LogP contribution >= 0.6 is 0 Å². The maximum Gasteiger partial charge on any atom is 0.0215 e. The van der Waals surface area contributed by atoms with Crippen molar-refractivity contribution in [2.45, 2.75) is 239 Å².